The summed E-state index contributed by atoms with van der Waals surface area (Å²) in [5.41, 5.74) is 6.82. The Hall–Kier alpha value is -1.39. The lowest BCUT2D eigenvalue weighted by molar-refractivity contribution is 0.329. The Labute approximate surface area is 130 Å². The Kier molecular flexibility index (Phi) is 5.76. The first-order chi connectivity index (χ1) is 10.1. The minimum atomic E-state index is 0.388. The van der Waals surface area contributed by atoms with E-state index in [1.807, 2.05) is 24.3 Å². The van der Waals surface area contributed by atoms with Gasteiger partial charge in [-0.15, -0.1) is 0 Å². The van der Waals surface area contributed by atoms with Crippen molar-refractivity contribution in [2.75, 3.05) is 6.54 Å². The molecule has 2 aromatic rings. The number of aromatic nitrogens is 2. The van der Waals surface area contributed by atoms with Crippen molar-refractivity contribution in [3.8, 4) is 0 Å². The SMILES string of the molecule is CC(C)CC(CN)Cc1nc(Cc2ccccc2Cl)no1. The Morgan fingerprint density at radius 3 is 2.71 bits per heavy atom. The van der Waals surface area contributed by atoms with Crippen molar-refractivity contribution < 1.29 is 4.52 Å². The third kappa shape index (κ3) is 4.83. The molecule has 0 saturated carbocycles. The number of nitrogens with two attached hydrogens (primary N) is 1. The molecule has 0 saturated heterocycles. The van der Waals surface area contributed by atoms with E-state index in [0.717, 1.165) is 23.4 Å². The second kappa shape index (κ2) is 7.57. The molecule has 0 aliphatic carbocycles. The highest BCUT2D eigenvalue weighted by Gasteiger charge is 2.15. The van der Waals surface area contributed by atoms with E-state index < -0.39 is 0 Å². The molecule has 0 bridgehead atoms. The van der Waals surface area contributed by atoms with E-state index in [1.165, 1.54) is 0 Å². The first-order valence-electron chi connectivity index (χ1n) is 7.33. The summed E-state index contributed by atoms with van der Waals surface area (Å²) in [7, 11) is 0. The van der Waals surface area contributed by atoms with Gasteiger partial charge < -0.3 is 10.3 Å². The summed E-state index contributed by atoms with van der Waals surface area (Å²) in [6, 6.07) is 7.70. The second-order valence-electron chi connectivity index (χ2n) is 5.81. The highest BCUT2D eigenvalue weighted by molar-refractivity contribution is 6.31. The topological polar surface area (TPSA) is 64.9 Å². The first-order valence-corrected chi connectivity index (χ1v) is 7.71. The lowest BCUT2D eigenvalue weighted by Crippen LogP contribution is -2.19. The average molecular weight is 308 g/mol. The highest BCUT2D eigenvalue weighted by Crippen LogP contribution is 2.19. The summed E-state index contributed by atoms with van der Waals surface area (Å²) in [5, 5.41) is 4.76. The van der Waals surface area contributed by atoms with E-state index >= 15 is 0 Å². The van der Waals surface area contributed by atoms with E-state index in [0.29, 0.717) is 36.5 Å². The number of benzene rings is 1. The van der Waals surface area contributed by atoms with Crippen molar-refractivity contribution in [1.82, 2.24) is 10.1 Å². The van der Waals surface area contributed by atoms with Crippen LogP contribution in [-0.4, -0.2) is 16.7 Å². The van der Waals surface area contributed by atoms with Crippen LogP contribution < -0.4 is 5.73 Å². The Morgan fingerprint density at radius 1 is 1.29 bits per heavy atom. The maximum absolute atomic E-state index is 6.14. The largest absolute Gasteiger partial charge is 0.339 e. The fourth-order valence-electron chi connectivity index (χ4n) is 2.43. The van der Waals surface area contributed by atoms with Gasteiger partial charge in [-0.1, -0.05) is 48.8 Å². The molecule has 0 aliphatic heterocycles. The normalized spacial score (nSPS) is 12.8. The van der Waals surface area contributed by atoms with Gasteiger partial charge in [0.25, 0.3) is 0 Å². The standard InChI is InChI=1S/C16H22ClN3O/c1-11(2)7-12(10-18)8-16-19-15(20-21-16)9-13-5-3-4-6-14(13)17/h3-6,11-12H,7-10,18H2,1-2H3. The molecule has 21 heavy (non-hydrogen) atoms. The zero-order chi connectivity index (χ0) is 15.2. The molecular weight excluding hydrogens is 286 g/mol. The van der Waals surface area contributed by atoms with Crippen molar-refractivity contribution in [2.24, 2.45) is 17.6 Å². The second-order valence-corrected chi connectivity index (χ2v) is 6.22. The number of nitrogens with zero attached hydrogens (tertiary/aromatic N) is 2. The van der Waals surface area contributed by atoms with Gasteiger partial charge >= 0.3 is 0 Å². The lowest BCUT2D eigenvalue weighted by Gasteiger charge is -2.14. The number of hydrogen-bond acceptors (Lipinski definition) is 4. The average Bonchev–Trinajstić information content (AvgIpc) is 2.87. The minimum absolute atomic E-state index is 0.388. The monoisotopic (exact) mass is 307 g/mol. The van der Waals surface area contributed by atoms with Crippen molar-refractivity contribution in [3.63, 3.8) is 0 Å². The van der Waals surface area contributed by atoms with Crippen LogP contribution in [0.4, 0.5) is 0 Å². The van der Waals surface area contributed by atoms with Gasteiger partial charge in [-0.25, -0.2) is 0 Å². The molecule has 114 valence electrons. The third-order valence-corrected chi connectivity index (χ3v) is 3.79. The molecule has 4 nitrogen and oxygen atoms in total. The van der Waals surface area contributed by atoms with E-state index in [2.05, 4.69) is 24.0 Å². The van der Waals surface area contributed by atoms with Gasteiger partial charge in [-0.3, -0.25) is 0 Å². The molecule has 1 unspecified atom stereocenters. The van der Waals surface area contributed by atoms with Crippen molar-refractivity contribution in [3.05, 3.63) is 46.6 Å². The van der Waals surface area contributed by atoms with E-state index in [1.54, 1.807) is 0 Å². The zero-order valence-electron chi connectivity index (χ0n) is 12.6. The lowest BCUT2D eigenvalue weighted by atomic mass is 9.94. The molecule has 0 fully saturated rings. The molecule has 1 heterocycles. The number of hydrogen-bond donors (Lipinski definition) is 1. The first kappa shape index (κ1) is 16.0. The molecule has 2 rings (SSSR count). The van der Waals surface area contributed by atoms with Gasteiger partial charge in [0.2, 0.25) is 5.89 Å². The molecule has 1 atom stereocenters. The quantitative estimate of drug-likeness (QED) is 0.850. The van der Waals surface area contributed by atoms with Crippen LogP contribution in [0.1, 0.15) is 37.5 Å². The molecule has 0 amide bonds. The van der Waals surface area contributed by atoms with Gasteiger partial charge in [-0.2, -0.15) is 4.98 Å². The molecular formula is C16H22ClN3O. The van der Waals surface area contributed by atoms with E-state index in [-0.39, 0.29) is 0 Å². The summed E-state index contributed by atoms with van der Waals surface area (Å²) in [4.78, 5) is 4.45. The molecule has 0 spiro atoms. The Balaban J connectivity index is 1.99. The van der Waals surface area contributed by atoms with E-state index in [9.17, 15) is 0 Å². The number of halogens is 1. The van der Waals surface area contributed by atoms with Crippen LogP contribution in [0.3, 0.4) is 0 Å². The van der Waals surface area contributed by atoms with Crippen LogP contribution in [0.2, 0.25) is 5.02 Å². The molecule has 1 aromatic heterocycles. The fourth-order valence-corrected chi connectivity index (χ4v) is 2.64. The van der Waals surface area contributed by atoms with Crippen LogP contribution in [0.25, 0.3) is 0 Å². The predicted molar refractivity (Wildman–Crippen MR) is 84.3 cm³/mol. The van der Waals surface area contributed by atoms with Gasteiger partial charge in [-0.05, 0) is 36.4 Å². The minimum Gasteiger partial charge on any atom is -0.339 e. The summed E-state index contributed by atoms with van der Waals surface area (Å²) in [5.74, 6) is 2.33. The molecule has 0 aliphatic rings. The molecule has 1 aromatic carbocycles. The van der Waals surface area contributed by atoms with Crippen LogP contribution in [-0.2, 0) is 12.8 Å². The summed E-state index contributed by atoms with van der Waals surface area (Å²) >= 11 is 6.14. The maximum Gasteiger partial charge on any atom is 0.226 e. The van der Waals surface area contributed by atoms with Crippen LogP contribution in [0.15, 0.2) is 28.8 Å². The Bertz CT molecular complexity index is 568. The van der Waals surface area contributed by atoms with Crippen molar-refractivity contribution in [1.29, 1.82) is 0 Å². The van der Waals surface area contributed by atoms with E-state index in [4.69, 9.17) is 21.9 Å². The Morgan fingerprint density at radius 2 is 2.05 bits per heavy atom. The smallest absolute Gasteiger partial charge is 0.226 e. The van der Waals surface area contributed by atoms with Crippen molar-refractivity contribution in [2.45, 2.75) is 33.1 Å². The highest BCUT2D eigenvalue weighted by atomic mass is 35.5. The maximum atomic E-state index is 6.14. The van der Waals surface area contributed by atoms with Crippen molar-refractivity contribution >= 4 is 11.6 Å². The predicted octanol–water partition coefficient (Wildman–Crippen LogP) is 3.48. The van der Waals surface area contributed by atoms with Gasteiger partial charge in [0.15, 0.2) is 5.82 Å². The number of rotatable bonds is 7. The third-order valence-electron chi connectivity index (χ3n) is 3.42. The summed E-state index contributed by atoms with van der Waals surface area (Å²) in [6.07, 6.45) is 2.39. The molecule has 2 N–H and O–H groups in total. The van der Waals surface area contributed by atoms with Gasteiger partial charge in [0.1, 0.15) is 0 Å². The summed E-state index contributed by atoms with van der Waals surface area (Å²) < 4.78 is 5.33. The van der Waals surface area contributed by atoms with Crippen LogP contribution in [0.5, 0.6) is 0 Å². The van der Waals surface area contributed by atoms with Gasteiger partial charge in [0.05, 0.1) is 0 Å². The zero-order valence-corrected chi connectivity index (χ0v) is 13.3. The molecule has 0 radical (unpaired) electrons. The van der Waals surface area contributed by atoms with Crippen LogP contribution >= 0.6 is 11.6 Å². The molecule has 5 heteroatoms. The summed E-state index contributed by atoms with van der Waals surface area (Å²) in [6.45, 7) is 5.03. The van der Waals surface area contributed by atoms with Crippen LogP contribution in [0, 0.1) is 11.8 Å². The fraction of sp³-hybridized carbons (Fsp3) is 0.500. The van der Waals surface area contributed by atoms with Gasteiger partial charge in [0, 0.05) is 17.9 Å².